The molecule has 0 bridgehead atoms. The highest BCUT2D eigenvalue weighted by atomic mass is 35.5. The number of nitrogens with zero attached hydrogens (tertiary/aromatic N) is 1. The van der Waals surface area contributed by atoms with Gasteiger partial charge in [-0.15, -0.1) is 24.8 Å². The van der Waals surface area contributed by atoms with E-state index in [9.17, 15) is 4.79 Å². The molecule has 1 amide bonds. The average Bonchev–Trinajstić information content (AvgIpc) is 3.04. The molecule has 0 atom stereocenters. The van der Waals surface area contributed by atoms with Gasteiger partial charge in [-0.2, -0.15) is 0 Å². The molecule has 4 nitrogen and oxygen atoms in total. The summed E-state index contributed by atoms with van der Waals surface area (Å²) in [6.07, 6.45) is 1.20. The third kappa shape index (κ3) is 5.94. The minimum atomic E-state index is -0.0717. The van der Waals surface area contributed by atoms with Gasteiger partial charge in [0, 0.05) is 30.9 Å². The van der Waals surface area contributed by atoms with Crippen LogP contribution in [0.3, 0.4) is 0 Å². The topological polar surface area (TPSA) is 58.4 Å². The Morgan fingerprint density at radius 3 is 2.44 bits per heavy atom. The van der Waals surface area contributed by atoms with Crippen LogP contribution in [0.4, 0.5) is 5.69 Å². The van der Waals surface area contributed by atoms with E-state index in [0.717, 1.165) is 30.9 Å². The van der Waals surface area contributed by atoms with Crippen LogP contribution in [0.5, 0.6) is 0 Å². The number of carbonyl (C=O) groups excluding carboxylic acids is 1. The van der Waals surface area contributed by atoms with Gasteiger partial charge in [0.05, 0.1) is 0 Å². The zero-order chi connectivity index (χ0) is 17.8. The lowest BCUT2D eigenvalue weighted by Gasteiger charge is -2.16. The Labute approximate surface area is 174 Å². The Morgan fingerprint density at radius 2 is 1.81 bits per heavy atom. The van der Waals surface area contributed by atoms with Crippen LogP contribution in [0.25, 0.3) is 0 Å². The molecule has 148 valence electrons. The summed E-state index contributed by atoms with van der Waals surface area (Å²) < 4.78 is 0. The Morgan fingerprint density at radius 1 is 1.11 bits per heavy atom. The molecule has 0 saturated carbocycles. The first-order valence-electron chi connectivity index (χ1n) is 9.00. The van der Waals surface area contributed by atoms with Gasteiger partial charge >= 0.3 is 0 Å². The van der Waals surface area contributed by atoms with Gasteiger partial charge in [-0.3, -0.25) is 9.69 Å². The molecule has 2 aromatic rings. The fourth-order valence-corrected chi connectivity index (χ4v) is 3.19. The van der Waals surface area contributed by atoms with Crippen LogP contribution in [0.2, 0.25) is 0 Å². The number of nitrogens with two attached hydrogens (primary N) is 1. The van der Waals surface area contributed by atoms with Crippen LogP contribution >= 0.6 is 24.8 Å². The molecule has 0 saturated heterocycles. The summed E-state index contributed by atoms with van der Waals surface area (Å²) in [6.45, 7) is 7.97. The van der Waals surface area contributed by atoms with E-state index < -0.39 is 0 Å². The van der Waals surface area contributed by atoms with Gasteiger partial charge < -0.3 is 11.1 Å². The highest BCUT2D eigenvalue weighted by molar-refractivity contribution is 6.04. The third-order valence-corrected chi connectivity index (χ3v) is 4.77. The Kier molecular flexibility index (Phi) is 9.27. The van der Waals surface area contributed by atoms with Gasteiger partial charge in [0.2, 0.25) is 0 Å². The normalized spacial score (nSPS) is 12.9. The Hall–Kier alpha value is -1.59. The molecule has 2 aromatic carbocycles. The largest absolute Gasteiger partial charge is 0.326 e. The lowest BCUT2D eigenvalue weighted by molar-refractivity contribution is 0.102. The van der Waals surface area contributed by atoms with Crippen LogP contribution in [-0.4, -0.2) is 17.4 Å². The summed E-state index contributed by atoms with van der Waals surface area (Å²) >= 11 is 0. The van der Waals surface area contributed by atoms with Gasteiger partial charge in [-0.05, 0) is 53.8 Å². The first-order chi connectivity index (χ1) is 12.1. The fourth-order valence-electron chi connectivity index (χ4n) is 3.19. The molecule has 0 unspecified atom stereocenters. The maximum Gasteiger partial charge on any atom is 0.255 e. The van der Waals surface area contributed by atoms with E-state index in [4.69, 9.17) is 5.73 Å². The number of anilines is 1. The fraction of sp³-hybridized carbons (Fsp3) is 0.381. The smallest absolute Gasteiger partial charge is 0.255 e. The second-order valence-corrected chi connectivity index (χ2v) is 7.19. The number of nitrogens with one attached hydrogen (secondary N) is 1. The number of hydrogen-bond donors (Lipinski definition) is 2. The third-order valence-electron chi connectivity index (χ3n) is 4.77. The van der Waals surface area contributed by atoms with Crippen molar-refractivity contribution >= 4 is 36.4 Å². The first-order valence-corrected chi connectivity index (χ1v) is 9.00. The van der Waals surface area contributed by atoms with Crippen molar-refractivity contribution in [2.45, 2.75) is 39.9 Å². The van der Waals surface area contributed by atoms with E-state index >= 15 is 0 Å². The summed E-state index contributed by atoms with van der Waals surface area (Å²) in [4.78, 5) is 15.0. The lowest BCUT2D eigenvalue weighted by Crippen LogP contribution is -2.19. The first kappa shape index (κ1) is 23.4. The molecule has 1 heterocycles. The van der Waals surface area contributed by atoms with E-state index in [2.05, 4.69) is 30.1 Å². The van der Waals surface area contributed by atoms with Crippen molar-refractivity contribution < 1.29 is 4.79 Å². The lowest BCUT2D eigenvalue weighted by atomic mass is 10.1. The maximum atomic E-state index is 12.6. The number of halogens is 2. The summed E-state index contributed by atoms with van der Waals surface area (Å²) in [7, 11) is 0. The molecule has 3 N–H and O–H groups in total. The second kappa shape index (κ2) is 10.7. The maximum absolute atomic E-state index is 12.6. The number of amides is 1. The number of rotatable bonds is 6. The van der Waals surface area contributed by atoms with Gasteiger partial charge in [0.1, 0.15) is 0 Å². The number of hydrogen-bond acceptors (Lipinski definition) is 3. The summed E-state index contributed by atoms with van der Waals surface area (Å²) in [6, 6.07) is 13.6. The van der Waals surface area contributed by atoms with Crippen molar-refractivity contribution in [1.82, 2.24) is 4.90 Å². The number of benzene rings is 2. The van der Waals surface area contributed by atoms with Crippen LogP contribution in [0.15, 0.2) is 42.5 Å². The molecule has 6 heteroatoms. The van der Waals surface area contributed by atoms with Gasteiger partial charge in [-0.25, -0.2) is 0 Å². The summed E-state index contributed by atoms with van der Waals surface area (Å²) in [5.74, 6) is 0.636. The van der Waals surface area contributed by atoms with Crippen molar-refractivity contribution in [3.05, 3.63) is 64.7 Å². The van der Waals surface area contributed by atoms with Crippen molar-refractivity contribution in [3.8, 4) is 0 Å². The predicted octanol–water partition coefficient (Wildman–Crippen LogP) is 4.60. The highest BCUT2D eigenvalue weighted by Gasteiger charge is 2.22. The molecule has 1 aliphatic rings. The van der Waals surface area contributed by atoms with Crippen LogP contribution in [-0.2, 0) is 19.6 Å². The van der Waals surface area contributed by atoms with E-state index in [1.165, 1.54) is 17.5 Å². The van der Waals surface area contributed by atoms with Gasteiger partial charge in [0.15, 0.2) is 0 Å². The Bertz CT molecular complexity index is 748. The zero-order valence-corrected chi connectivity index (χ0v) is 17.5. The highest BCUT2D eigenvalue weighted by Crippen LogP contribution is 2.30. The van der Waals surface area contributed by atoms with Gasteiger partial charge in [0.25, 0.3) is 5.91 Å². The quantitative estimate of drug-likeness (QED) is 0.732. The molecule has 27 heavy (non-hydrogen) atoms. The minimum absolute atomic E-state index is 0. The molecule has 1 aliphatic heterocycles. The molecular formula is C21H29Cl2N3O. The number of fused-ring (bicyclic) bond motifs is 1. The molecule has 0 radical (unpaired) electrons. The molecule has 0 spiro atoms. The monoisotopic (exact) mass is 409 g/mol. The summed E-state index contributed by atoms with van der Waals surface area (Å²) in [5.41, 5.74) is 10.8. The Balaban J connectivity index is 0.00000182. The van der Waals surface area contributed by atoms with E-state index in [0.29, 0.717) is 18.0 Å². The number of carbonyl (C=O) groups is 1. The van der Waals surface area contributed by atoms with Crippen molar-refractivity contribution in [2.75, 3.05) is 11.9 Å². The van der Waals surface area contributed by atoms with Gasteiger partial charge in [-0.1, -0.05) is 38.1 Å². The summed E-state index contributed by atoms with van der Waals surface area (Å²) in [5, 5.41) is 3.08. The molecule has 3 rings (SSSR count). The predicted molar refractivity (Wildman–Crippen MR) is 117 cm³/mol. The molecule has 0 fully saturated rings. The van der Waals surface area contributed by atoms with E-state index in [-0.39, 0.29) is 30.7 Å². The van der Waals surface area contributed by atoms with E-state index in [1.54, 1.807) is 0 Å². The molecule has 0 aromatic heterocycles. The average molecular weight is 410 g/mol. The van der Waals surface area contributed by atoms with Crippen LogP contribution in [0, 0.1) is 5.92 Å². The van der Waals surface area contributed by atoms with Crippen LogP contribution in [0.1, 0.15) is 47.3 Å². The van der Waals surface area contributed by atoms with Crippen molar-refractivity contribution in [3.63, 3.8) is 0 Å². The molecular weight excluding hydrogens is 381 g/mol. The van der Waals surface area contributed by atoms with Crippen molar-refractivity contribution in [2.24, 2.45) is 11.7 Å². The second-order valence-electron chi connectivity index (χ2n) is 7.19. The van der Waals surface area contributed by atoms with Crippen LogP contribution < -0.4 is 11.1 Å². The minimum Gasteiger partial charge on any atom is -0.326 e. The zero-order valence-electron chi connectivity index (χ0n) is 15.9. The van der Waals surface area contributed by atoms with Crippen molar-refractivity contribution in [1.29, 1.82) is 0 Å². The van der Waals surface area contributed by atoms with E-state index in [1.807, 2.05) is 36.4 Å². The molecule has 0 aliphatic carbocycles. The standard InChI is InChI=1S/C21H27N3O.2ClH/c1-15(2)10-11-24-13-18-4-3-5-20(19(18)14-24)23-21(25)17-8-6-16(12-22)7-9-17;;/h3-9,15H,10-14,22H2,1-2H3,(H,23,25);2*1H. The SMILES string of the molecule is CC(C)CCN1Cc2cccc(NC(=O)c3ccc(CN)cc3)c2C1.Cl.Cl.